The molecule has 1 aromatic heterocycles. The molecule has 0 unspecified atom stereocenters. The molecule has 0 aliphatic rings. The van der Waals surface area contributed by atoms with Gasteiger partial charge in [0.2, 0.25) is 0 Å². The van der Waals surface area contributed by atoms with E-state index < -0.39 is 0 Å². The van der Waals surface area contributed by atoms with Gasteiger partial charge < -0.3 is 14.0 Å². The summed E-state index contributed by atoms with van der Waals surface area (Å²) in [6.07, 6.45) is 5.32. The third kappa shape index (κ3) is 2.24. The van der Waals surface area contributed by atoms with Gasteiger partial charge in [0.25, 0.3) is 0 Å². The van der Waals surface area contributed by atoms with Gasteiger partial charge >= 0.3 is 0 Å². The molecule has 0 saturated carbocycles. The van der Waals surface area contributed by atoms with E-state index in [1.54, 1.807) is 18.8 Å². The van der Waals surface area contributed by atoms with E-state index in [-0.39, 0.29) is 17.0 Å². The van der Waals surface area contributed by atoms with Gasteiger partial charge in [0.05, 0.1) is 20.8 Å². The lowest BCUT2D eigenvalue weighted by Gasteiger charge is -2.07. The largest absolute Gasteiger partial charge is 0.495 e. The van der Waals surface area contributed by atoms with E-state index in [2.05, 4.69) is 5.92 Å². The fraction of sp³-hybridized carbons (Fsp3) is 0.250. The first-order chi connectivity index (χ1) is 8.22. The topological polar surface area (TPSA) is 47.2 Å². The number of nitrogens with one attached hydrogen (secondary N) is 1. The Labute approximate surface area is 119 Å². The molecule has 2 aromatic rings. The van der Waals surface area contributed by atoms with E-state index in [1.807, 2.05) is 12.1 Å². The normalized spacial score (nSPS) is 9.61. The molecular weight excluding hydrogens is 316 g/mol. The lowest BCUT2D eigenvalue weighted by molar-refractivity contribution is 0.409. The van der Waals surface area contributed by atoms with Gasteiger partial charge in [0.15, 0.2) is 4.80 Å². The molecule has 2 rings (SSSR count). The number of terminal acetylenes is 1. The number of methoxy groups -OCH3 is 2. The number of ether oxygens (including phenoxy) is 2. The van der Waals surface area contributed by atoms with Crippen LogP contribution in [0.1, 0.15) is 0 Å². The zero-order valence-corrected chi connectivity index (χ0v) is 12.5. The van der Waals surface area contributed by atoms with Crippen molar-refractivity contribution in [3.63, 3.8) is 0 Å². The van der Waals surface area contributed by atoms with Crippen LogP contribution in [0, 0.1) is 17.8 Å². The molecule has 0 atom stereocenters. The predicted molar refractivity (Wildman–Crippen MR) is 77.9 cm³/mol. The van der Waals surface area contributed by atoms with Crippen LogP contribution in [0.4, 0.5) is 0 Å². The molecule has 0 amide bonds. The molecule has 1 N–H and O–H groups in total. The number of hydrogen-bond donors (Lipinski definition) is 1. The molecule has 6 heteroatoms. The first-order valence-corrected chi connectivity index (χ1v) is 5.77. The van der Waals surface area contributed by atoms with E-state index in [4.69, 9.17) is 21.3 Å². The van der Waals surface area contributed by atoms with Crippen LogP contribution in [0.3, 0.4) is 0 Å². The Bertz CT molecular complexity index is 654. The number of nitrogens with zero attached hydrogens (tertiary/aromatic N) is 1. The molecule has 0 bridgehead atoms. The molecule has 0 aliphatic carbocycles. The molecule has 0 aliphatic heterocycles. The molecule has 1 heterocycles. The maximum atomic E-state index is 7.92. The molecule has 0 spiro atoms. The highest BCUT2D eigenvalue weighted by atomic mass is 79.9. The highest BCUT2D eigenvalue weighted by Crippen LogP contribution is 2.34. The molecule has 0 radical (unpaired) electrons. The van der Waals surface area contributed by atoms with Crippen LogP contribution in [0.25, 0.3) is 10.2 Å². The average molecular weight is 329 g/mol. The molecule has 4 nitrogen and oxygen atoms in total. The monoisotopic (exact) mass is 328 g/mol. The highest BCUT2D eigenvalue weighted by molar-refractivity contribution is 8.93. The summed E-state index contributed by atoms with van der Waals surface area (Å²) in [5.74, 6) is 3.98. The SMILES string of the molecule is Br.C#CCn1c(=N)sc2c(OC)ccc(OC)c21. The van der Waals surface area contributed by atoms with Gasteiger partial charge in [0, 0.05) is 0 Å². The summed E-state index contributed by atoms with van der Waals surface area (Å²) in [6, 6.07) is 3.65. The van der Waals surface area contributed by atoms with Crippen molar-refractivity contribution in [1.29, 1.82) is 5.41 Å². The number of rotatable bonds is 3. The van der Waals surface area contributed by atoms with Gasteiger partial charge in [-0.15, -0.1) is 23.4 Å². The van der Waals surface area contributed by atoms with Crippen LogP contribution >= 0.6 is 28.3 Å². The standard InChI is InChI=1S/C12H12N2O2S.BrH/c1-4-7-14-10-8(15-2)5-6-9(16-3)11(10)17-12(14)13;/h1,5-6,13H,7H2,2-3H3;1H. The summed E-state index contributed by atoms with van der Waals surface area (Å²) < 4.78 is 13.2. The summed E-state index contributed by atoms with van der Waals surface area (Å²) in [5, 5.41) is 7.92. The minimum Gasteiger partial charge on any atom is -0.495 e. The Morgan fingerprint density at radius 1 is 1.33 bits per heavy atom. The van der Waals surface area contributed by atoms with Crippen molar-refractivity contribution in [3.05, 3.63) is 16.9 Å². The van der Waals surface area contributed by atoms with Crippen LogP contribution in [0.2, 0.25) is 0 Å². The van der Waals surface area contributed by atoms with Crippen molar-refractivity contribution < 1.29 is 9.47 Å². The summed E-state index contributed by atoms with van der Waals surface area (Å²) in [6.45, 7) is 0.350. The lowest BCUT2D eigenvalue weighted by Crippen LogP contribution is -2.12. The number of fused-ring (bicyclic) bond motifs is 1. The Morgan fingerprint density at radius 2 is 1.94 bits per heavy atom. The number of hydrogen-bond acceptors (Lipinski definition) is 4. The number of thiazole rings is 1. The molecule has 0 fully saturated rings. The van der Waals surface area contributed by atoms with Crippen LogP contribution in [-0.2, 0) is 6.54 Å². The zero-order chi connectivity index (χ0) is 12.4. The fourth-order valence-corrected chi connectivity index (χ4v) is 2.73. The quantitative estimate of drug-likeness (QED) is 0.879. The van der Waals surface area contributed by atoms with Gasteiger partial charge in [-0.1, -0.05) is 17.3 Å². The van der Waals surface area contributed by atoms with Crippen molar-refractivity contribution in [2.45, 2.75) is 6.54 Å². The molecule has 1 aromatic carbocycles. The van der Waals surface area contributed by atoms with Crippen LogP contribution in [0.15, 0.2) is 12.1 Å². The summed E-state index contributed by atoms with van der Waals surface area (Å²) in [5.41, 5.74) is 0.819. The molecular formula is C12H13BrN2O2S. The van der Waals surface area contributed by atoms with Gasteiger partial charge in [-0.25, -0.2) is 0 Å². The van der Waals surface area contributed by atoms with E-state index in [9.17, 15) is 0 Å². The van der Waals surface area contributed by atoms with Crippen molar-refractivity contribution >= 4 is 38.5 Å². The third-order valence-electron chi connectivity index (χ3n) is 2.46. The van der Waals surface area contributed by atoms with Crippen molar-refractivity contribution in [2.75, 3.05) is 14.2 Å². The second kappa shape index (κ2) is 5.94. The Balaban J connectivity index is 0.00000162. The minimum absolute atomic E-state index is 0. The Kier molecular flexibility index (Phi) is 4.82. The summed E-state index contributed by atoms with van der Waals surface area (Å²) in [7, 11) is 3.21. The molecule has 0 saturated heterocycles. The summed E-state index contributed by atoms with van der Waals surface area (Å²) in [4.78, 5) is 0.390. The van der Waals surface area contributed by atoms with Crippen LogP contribution in [0.5, 0.6) is 11.5 Å². The maximum absolute atomic E-state index is 7.92. The zero-order valence-electron chi connectivity index (χ0n) is 10.0. The van der Waals surface area contributed by atoms with E-state index >= 15 is 0 Å². The molecule has 18 heavy (non-hydrogen) atoms. The lowest BCUT2D eigenvalue weighted by atomic mass is 10.3. The van der Waals surface area contributed by atoms with Gasteiger partial charge in [-0.2, -0.15) is 0 Å². The predicted octanol–water partition coefficient (Wildman–Crippen LogP) is 2.41. The Hall–Kier alpha value is -1.45. The smallest absolute Gasteiger partial charge is 0.184 e. The number of aromatic nitrogens is 1. The third-order valence-corrected chi connectivity index (χ3v) is 3.47. The van der Waals surface area contributed by atoms with Crippen LogP contribution in [-0.4, -0.2) is 18.8 Å². The number of benzene rings is 1. The first kappa shape index (κ1) is 14.6. The van der Waals surface area contributed by atoms with Crippen molar-refractivity contribution in [2.24, 2.45) is 0 Å². The maximum Gasteiger partial charge on any atom is 0.184 e. The van der Waals surface area contributed by atoms with E-state index in [0.717, 1.165) is 16.0 Å². The van der Waals surface area contributed by atoms with Crippen molar-refractivity contribution in [1.82, 2.24) is 4.57 Å². The van der Waals surface area contributed by atoms with Gasteiger partial charge in [-0.3, -0.25) is 5.41 Å². The second-order valence-electron chi connectivity index (χ2n) is 3.35. The fourth-order valence-electron chi connectivity index (χ4n) is 1.71. The van der Waals surface area contributed by atoms with E-state index in [1.165, 1.54) is 11.3 Å². The van der Waals surface area contributed by atoms with Gasteiger partial charge in [0.1, 0.15) is 21.7 Å². The average Bonchev–Trinajstić information content (AvgIpc) is 2.66. The highest BCUT2D eigenvalue weighted by Gasteiger charge is 2.14. The first-order valence-electron chi connectivity index (χ1n) is 4.95. The molecule has 96 valence electrons. The van der Waals surface area contributed by atoms with Crippen LogP contribution < -0.4 is 14.3 Å². The van der Waals surface area contributed by atoms with Crippen molar-refractivity contribution in [3.8, 4) is 23.8 Å². The minimum atomic E-state index is 0. The Morgan fingerprint density at radius 3 is 2.50 bits per heavy atom. The second-order valence-corrected chi connectivity index (χ2v) is 4.34. The van der Waals surface area contributed by atoms with Gasteiger partial charge in [-0.05, 0) is 12.1 Å². The van der Waals surface area contributed by atoms with E-state index in [0.29, 0.717) is 17.1 Å². The summed E-state index contributed by atoms with van der Waals surface area (Å²) >= 11 is 1.33. The number of halogens is 1.